The first-order valence-electron chi connectivity index (χ1n) is 29.8. The number of carbonyl (C=O) groups excluding carboxylic acids is 4. The number of carbonyl (C=O) groups is 4. The van der Waals surface area contributed by atoms with E-state index in [1.54, 1.807) is 23.7 Å². The number of pyridine rings is 1. The number of hydrogen-bond acceptors (Lipinski definition) is 16. The van der Waals surface area contributed by atoms with Gasteiger partial charge >= 0.3 is 0 Å². The van der Waals surface area contributed by atoms with Crippen LogP contribution in [-0.4, -0.2) is 155 Å². The normalized spacial score (nSPS) is 16.8. The molecule has 3 aromatic heterocycles. The molecule has 0 unspecified atom stereocenters. The summed E-state index contributed by atoms with van der Waals surface area (Å²) in [5.74, 6) is 0.939. The molecule has 0 saturated carbocycles. The van der Waals surface area contributed by atoms with Crippen LogP contribution in [-0.2, 0) is 40.7 Å². The van der Waals surface area contributed by atoms with Gasteiger partial charge in [0, 0.05) is 81.4 Å². The lowest BCUT2D eigenvalue weighted by Crippen LogP contribution is -2.57. The second-order valence-corrected chi connectivity index (χ2v) is 24.1. The Hall–Kier alpha value is -7.14. The molecule has 6 aromatic rings. The molecule has 2 fully saturated rings. The van der Waals surface area contributed by atoms with E-state index in [1.807, 2.05) is 125 Å². The summed E-state index contributed by atoms with van der Waals surface area (Å²) in [4.78, 5) is 72.4. The van der Waals surface area contributed by atoms with Crippen molar-refractivity contribution in [2.24, 2.45) is 5.41 Å². The van der Waals surface area contributed by atoms with E-state index in [-0.39, 0.29) is 49.7 Å². The van der Waals surface area contributed by atoms with Crippen LogP contribution in [0.25, 0.3) is 21.8 Å². The molecule has 2 aliphatic rings. The van der Waals surface area contributed by atoms with Crippen LogP contribution in [0.15, 0.2) is 103 Å². The van der Waals surface area contributed by atoms with Crippen molar-refractivity contribution in [3.63, 3.8) is 0 Å². The Morgan fingerprint density at radius 3 is 2.22 bits per heavy atom. The Morgan fingerprint density at radius 2 is 1.52 bits per heavy atom. The molecule has 0 spiro atoms. The zero-order valence-electron chi connectivity index (χ0n) is 50.1. The highest BCUT2D eigenvalue weighted by atomic mass is 32.1. The van der Waals surface area contributed by atoms with E-state index in [0.29, 0.717) is 64.1 Å². The molecule has 4 atom stereocenters. The van der Waals surface area contributed by atoms with Crippen molar-refractivity contribution in [3.05, 3.63) is 131 Å². The monoisotopic (exact) mass is 1180 g/mol. The highest BCUT2D eigenvalue weighted by Crippen LogP contribution is 2.36. The average molecular weight is 1180 g/mol. The number of nitrogens with zero attached hydrogens (tertiary/aromatic N) is 6. The zero-order valence-corrected chi connectivity index (χ0v) is 50.9. The maximum atomic E-state index is 14.0. The van der Waals surface area contributed by atoms with Gasteiger partial charge in [-0.3, -0.25) is 29.3 Å². The van der Waals surface area contributed by atoms with E-state index in [4.69, 9.17) is 23.9 Å². The zero-order chi connectivity index (χ0) is 60.2. The summed E-state index contributed by atoms with van der Waals surface area (Å²) in [5.41, 5.74) is 6.83. The Bertz CT molecular complexity index is 3070. The number of rotatable bonds is 31. The Kier molecular flexibility index (Phi) is 23.5. The number of aromatic nitrogens is 5. The number of H-pyrrole nitrogens is 1. The number of hydrogen-bond donors (Lipinski definition) is 6. The first-order valence-corrected chi connectivity index (χ1v) is 30.6. The molecule has 3 aromatic carbocycles. The minimum atomic E-state index is -0.901. The number of aromatic amines is 1. The molecule has 21 heteroatoms. The fourth-order valence-corrected chi connectivity index (χ4v) is 11.3. The molecular weight excluding hydrogens is 1100 g/mol. The van der Waals surface area contributed by atoms with Crippen LogP contribution in [0.1, 0.15) is 125 Å². The van der Waals surface area contributed by atoms with Gasteiger partial charge in [-0.1, -0.05) is 69.7 Å². The fourth-order valence-electron chi connectivity index (χ4n) is 10.5. The number of piperidine rings is 1. The number of thiazole rings is 1. The summed E-state index contributed by atoms with van der Waals surface area (Å²) in [6, 6.07) is 25.2. The van der Waals surface area contributed by atoms with Crippen LogP contribution in [0.2, 0.25) is 0 Å². The minimum Gasteiger partial charge on any atom is -0.494 e. The van der Waals surface area contributed by atoms with Gasteiger partial charge < -0.3 is 55.1 Å². The van der Waals surface area contributed by atoms with Gasteiger partial charge in [-0.25, -0.2) is 9.97 Å². The predicted molar refractivity (Wildman–Crippen MR) is 328 cm³/mol. The standard InChI is InChI=1S/C64H85N11O9S/c1-44(68-59(78)50-15-11-16-51(38-50)71-64(25-29-74(6)30-26-64)62-70-58(72-73-62)48-23-27-65-28-24-48)49-14-12-17-53(39-49)84-33-10-8-7-9-31-81-34-36-83-37-35-82-32-13-18-55(77)69-57(63(3,4)5)61(80)75-42-52(76)40-54(75)60(79)66-41-46-19-21-47(22-20-46)56-45(2)67-43-85-56/h11-12,14-17,19-24,27-28,38-39,43-44,52,54,57,71,76H,7-10,13,18,25-26,29-37,40-42H2,1-6H3,(H,66,79)(H,68,78)(H,69,77)(H,70,72,73)/t44-,52-,54+,57-/m1/s1. The number of amides is 4. The molecule has 4 amide bonds. The Morgan fingerprint density at radius 1 is 0.824 bits per heavy atom. The summed E-state index contributed by atoms with van der Waals surface area (Å²) >= 11 is 1.58. The molecule has 5 heterocycles. The largest absolute Gasteiger partial charge is 0.494 e. The highest BCUT2D eigenvalue weighted by Gasteiger charge is 2.45. The number of benzene rings is 3. The van der Waals surface area contributed by atoms with Crippen LogP contribution in [0, 0.1) is 12.3 Å². The van der Waals surface area contributed by atoms with Crippen LogP contribution < -0.4 is 26.0 Å². The summed E-state index contributed by atoms with van der Waals surface area (Å²) in [7, 11) is 2.12. The molecule has 0 bridgehead atoms. The topological polar surface area (TPSA) is 247 Å². The summed E-state index contributed by atoms with van der Waals surface area (Å²) in [6.45, 7) is 14.9. The van der Waals surface area contributed by atoms with E-state index in [9.17, 15) is 24.3 Å². The van der Waals surface area contributed by atoms with E-state index in [2.05, 4.69) is 53.4 Å². The van der Waals surface area contributed by atoms with Gasteiger partial charge in [-0.2, -0.15) is 5.10 Å². The molecule has 2 aliphatic heterocycles. The van der Waals surface area contributed by atoms with E-state index in [0.717, 1.165) is 102 Å². The van der Waals surface area contributed by atoms with Gasteiger partial charge in [-0.05, 0) is 124 Å². The number of ether oxygens (including phenoxy) is 4. The third kappa shape index (κ3) is 18.7. The van der Waals surface area contributed by atoms with Crippen molar-refractivity contribution in [2.45, 2.75) is 129 Å². The lowest BCUT2D eigenvalue weighted by molar-refractivity contribution is -0.144. The smallest absolute Gasteiger partial charge is 0.251 e. The molecule has 2 saturated heterocycles. The van der Waals surface area contributed by atoms with Crippen molar-refractivity contribution in [3.8, 4) is 27.6 Å². The average Bonchev–Trinajstić information content (AvgIpc) is 4.52. The third-order valence-electron chi connectivity index (χ3n) is 15.5. The lowest BCUT2D eigenvalue weighted by Gasteiger charge is -2.40. The summed E-state index contributed by atoms with van der Waals surface area (Å²) in [5, 5.41) is 31.1. The Labute approximate surface area is 503 Å². The SMILES string of the molecule is Cc1ncsc1-c1ccc(CNC(=O)[C@@H]2C[C@@H](O)CN2C(=O)[C@@H](NC(=O)CCCOCCOCCOCCCCCCOc2cccc([C@@H](C)NC(=O)c3cccc(NC4(c5nc(-c6ccncc6)n[nH]5)CCN(C)CC4)c3)c2)C(C)(C)C)cc1. The number of aliphatic hydroxyl groups is 1. The van der Waals surface area contributed by atoms with Gasteiger partial charge in [-0.15, -0.1) is 11.3 Å². The number of likely N-dealkylation sites (tertiary alicyclic amines) is 2. The van der Waals surface area contributed by atoms with Crippen molar-refractivity contribution < 1.29 is 43.2 Å². The quantitative estimate of drug-likeness (QED) is 0.0224. The van der Waals surface area contributed by atoms with Crippen molar-refractivity contribution in [2.75, 3.05) is 78.2 Å². The van der Waals surface area contributed by atoms with E-state index >= 15 is 0 Å². The third-order valence-corrected chi connectivity index (χ3v) is 16.5. The first-order chi connectivity index (χ1) is 41.0. The second kappa shape index (κ2) is 31.3. The molecular formula is C64H85N11O9S. The number of aliphatic hydroxyl groups excluding tert-OH is 1. The number of unbranched alkanes of at least 4 members (excludes halogenated alkanes) is 3. The highest BCUT2D eigenvalue weighted by molar-refractivity contribution is 7.13. The molecule has 85 heavy (non-hydrogen) atoms. The summed E-state index contributed by atoms with van der Waals surface area (Å²) in [6.07, 6.45) is 8.83. The van der Waals surface area contributed by atoms with Gasteiger partial charge in [0.05, 0.1) is 66.8 Å². The van der Waals surface area contributed by atoms with Gasteiger partial charge in [0.2, 0.25) is 17.7 Å². The minimum absolute atomic E-state index is 0.00739. The molecule has 6 N–H and O–H groups in total. The summed E-state index contributed by atoms with van der Waals surface area (Å²) < 4.78 is 23.3. The maximum Gasteiger partial charge on any atom is 0.251 e. The molecule has 20 nitrogen and oxygen atoms in total. The van der Waals surface area contributed by atoms with E-state index < -0.39 is 35.0 Å². The number of anilines is 1. The molecule has 8 rings (SSSR count). The van der Waals surface area contributed by atoms with Crippen LogP contribution in [0.5, 0.6) is 5.75 Å². The van der Waals surface area contributed by atoms with Gasteiger partial charge in [0.1, 0.15) is 17.8 Å². The van der Waals surface area contributed by atoms with Crippen LogP contribution in [0.4, 0.5) is 5.69 Å². The fraction of sp³-hybridized carbons (Fsp3) is 0.500. The maximum absolute atomic E-state index is 14.0. The van der Waals surface area contributed by atoms with Crippen LogP contribution >= 0.6 is 11.3 Å². The van der Waals surface area contributed by atoms with E-state index in [1.165, 1.54) is 4.90 Å². The lowest BCUT2D eigenvalue weighted by atomic mass is 9.85. The van der Waals surface area contributed by atoms with Gasteiger partial charge in [0.25, 0.3) is 5.91 Å². The van der Waals surface area contributed by atoms with Crippen LogP contribution in [0.3, 0.4) is 0 Å². The number of β-amino-alcohol motifs (C(OH)–C–C–N with tert-alkyl or cyclic N) is 1. The molecule has 0 radical (unpaired) electrons. The van der Waals surface area contributed by atoms with Crippen molar-refractivity contribution in [1.29, 1.82) is 0 Å². The first kappa shape index (κ1) is 63.9. The van der Waals surface area contributed by atoms with Crippen molar-refractivity contribution in [1.82, 2.24) is 50.9 Å². The second-order valence-electron chi connectivity index (χ2n) is 23.2. The van der Waals surface area contributed by atoms with Crippen molar-refractivity contribution >= 4 is 40.7 Å². The number of nitrogens with one attached hydrogen (secondary N) is 5. The van der Waals surface area contributed by atoms with Gasteiger partial charge in [0.15, 0.2) is 11.6 Å². The Balaban J connectivity index is 0.642. The molecule has 456 valence electrons. The predicted octanol–water partition coefficient (Wildman–Crippen LogP) is 8.40. The molecule has 0 aliphatic carbocycles. The number of aryl methyl sites for hydroxylation is 1.